The number of carboxylic acids is 1. The number of aromatic nitrogens is 2. The Kier molecular flexibility index (Phi) is 6.57. The Morgan fingerprint density at radius 2 is 2.09 bits per heavy atom. The van der Waals surface area contributed by atoms with Crippen molar-refractivity contribution in [3.05, 3.63) is 64.2 Å². The third kappa shape index (κ3) is 5.52. The molecule has 6 nitrogen and oxygen atoms in total. The summed E-state index contributed by atoms with van der Waals surface area (Å²) in [6.07, 6.45) is 1.76. The number of alkyl halides is 3. The highest BCUT2D eigenvalue weighted by atomic mass is 19.4. The molecule has 1 fully saturated rings. The van der Waals surface area contributed by atoms with Crippen LogP contribution in [0.15, 0.2) is 30.5 Å². The van der Waals surface area contributed by atoms with Crippen molar-refractivity contribution in [1.82, 2.24) is 9.97 Å². The van der Waals surface area contributed by atoms with E-state index in [-0.39, 0.29) is 30.3 Å². The van der Waals surface area contributed by atoms with Gasteiger partial charge >= 0.3 is 12.1 Å². The maximum absolute atomic E-state index is 12.7. The summed E-state index contributed by atoms with van der Waals surface area (Å²) in [5, 5.41) is 9.65. The van der Waals surface area contributed by atoms with Gasteiger partial charge in [-0.3, -0.25) is 4.98 Å². The Morgan fingerprint density at radius 3 is 2.75 bits per heavy atom. The molecule has 32 heavy (non-hydrogen) atoms. The van der Waals surface area contributed by atoms with E-state index in [1.165, 1.54) is 0 Å². The van der Waals surface area contributed by atoms with E-state index in [1.807, 2.05) is 12.1 Å². The van der Waals surface area contributed by atoms with Crippen LogP contribution in [0.2, 0.25) is 0 Å². The van der Waals surface area contributed by atoms with Crippen LogP contribution in [-0.2, 0) is 22.5 Å². The van der Waals surface area contributed by atoms with Gasteiger partial charge in [0.25, 0.3) is 0 Å². The number of hydrogen-bond acceptors (Lipinski definition) is 5. The van der Waals surface area contributed by atoms with Gasteiger partial charge in [-0.15, -0.1) is 0 Å². The number of benzene rings is 1. The molecule has 1 aromatic carbocycles. The Labute approximate surface area is 183 Å². The molecule has 1 aliphatic carbocycles. The zero-order valence-corrected chi connectivity index (χ0v) is 17.3. The summed E-state index contributed by atoms with van der Waals surface area (Å²) >= 11 is 0. The van der Waals surface area contributed by atoms with Gasteiger partial charge in [-0.1, -0.05) is 24.3 Å². The molecule has 2 aromatic rings. The number of halogens is 3. The number of nitrogens with zero attached hydrogens (tertiary/aromatic N) is 2. The number of carbonyl (C=O) groups is 1. The van der Waals surface area contributed by atoms with Gasteiger partial charge in [0.05, 0.1) is 31.2 Å². The molecular weight excluding hydrogens is 425 g/mol. The Bertz CT molecular complexity index is 1030. The average molecular weight is 448 g/mol. The van der Waals surface area contributed by atoms with Gasteiger partial charge in [0.15, 0.2) is 5.69 Å². The van der Waals surface area contributed by atoms with Gasteiger partial charge in [0.1, 0.15) is 6.61 Å². The van der Waals surface area contributed by atoms with Crippen molar-refractivity contribution >= 4 is 11.5 Å². The van der Waals surface area contributed by atoms with E-state index in [0.717, 1.165) is 24.0 Å². The summed E-state index contributed by atoms with van der Waals surface area (Å²) in [5.41, 5.74) is 3.83. The van der Waals surface area contributed by atoms with Crippen molar-refractivity contribution in [3.63, 3.8) is 0 Å². The zero-order chi connectivity index (χ0) is 22.7. The van der Waals surface area contributed by atoms with Crippen LogP contribution in [0, 0.1) is 0 Å². The SMILES string of the molecule is O=C(O)c1nc(C2CC2)cnc1Cc1cccc(C2=CCOCC2)c1COCC(F)(F)F. The van der Waals surface area contributed by atoms with Crippen LogP contribution in [0.1, 0.15) is 63.7 Å². The summed E-state index contributed by atoms with van der Waals surface area (Å²) in [6.45, 7) is -0.658. The predicted octanol–water partition coefficient (Wildman–Crippen LogP) is 4.53. The summed E-state index contributed by atoms with van der Waals surface area (Å²) in [7, 11) is 0. The van der Waals surface area contributed by atoms with E-state index in [0.29, 0.717) is 36.5 Å². The second kappa shape index (κ2) is 9.38. The largest absolute Gasteiger partial charge is 0.476 e. The minimum atomic E-state index is -4.44. The molecule has 2 aliphatic rings. The first-order chi connectivity index (χ1) is 15.3. The number of aromatic carboxylic acids is 1. The summed E-state index contributed by atoms with van der Waals surface area (Å²) in [5.74, 6) is -0.919. The maximum Gasteiger partial charge on any atom is 0.411 e. The predicted molar refractivity (Wildman–Crippen MR) is 109 cm³/mol. The number of carboxylic acid groups (broad SMARTS) is 1. The first-order valence-electron chi connectivity index (χ1n) is 10.4. The van der Waals surface area contributed by atoms with Crippen molar-refractivity contribution in [2.75, 3.05) is 19.8 Å². The average Bonchev–Trinajstić information content (AvgIpc) is 3.60. The van der Waals surface area contributed by atoms with E-state index in [9.17, 15) is 23.1 Å². The van der Waals surface area contributed by atoms with E-state index >= 15 is 0 Å². The Morgan fingerprint density at radius 1 is 1.28 bits per heavy atom. The molecule has 0 unspecified atom stereocenters. The minimum Gasteiger partial charge on any atom is -0.476 e. The van der Waals surface area contributed by atoms with Crippen LogP contribution >= 0.6 is 0 Å². The summed E-state index contributed by atoms with van der Waals surface area (Å²) < 4.78 is 48.4. The van der Waals surface area contributed by atoms with Crippen LogP contribution in [0.3, 0.4) is 0 Å². The fourth-order valence-electron chi connectivity index (χ4n) is 3.80. The van der Waals surface area contributed by atoms with Crippen LogP contribution in [0.4, 0.5) is 13.2 Å². The quantitative estimate of drug-likeness (QED) is 0.639. The number of ether oxygens (including phenoxy) is 2. The maximum atomic E-state index is 12.7. The van der Waals surface area contributed by atoms with Crippen LogP contribution < -0.4 is 0 Å². The second-order valence-corrected chi connectivity index (χ2v) is 7.95. The molecule has 1 saturated carbocycles. The zero-order valence-electron chi connectivity index (χ0n) is 17.3. The third-order valence-electron chi connectivity index (χ3n) is 5.52. The molecule has 1 aliphatic heterocycles. The van der Waals surface area contributed by atoms with Crippen molar-refractivity contribution in [1.29, 1.82) is 0 Å². The molecule has 2 heterocycles. The van der Waals surface area contributed by atoms with Gasteiger partial charge in [-0.05, 0) is 41.5 Å². The molecule has 170 valence electrons. The molecule has 0 amide bonds. The first-order valence-corrected chi connectivity index (χ1v) is 10.4. The normalized spacial score (nSPS) is 16.7. The molecule has 1 N–H and O–H groups in total. The molecule has 0 bridgehead atoms. The highest BCUT2D eigenvalue weighted by Crippen LogP contribution is 2.39. The van der Waals surface area contributed by atoms with E-state index in [2.05, 4.69) is 9.97 Å². The van der Waals surface area contributed by atoms with Crippen LogP contribution in [0.5, 0.6) is 0 Å². The minimum absolute atomic E-state index is 0.118. The number of rotatable bonds is 8. The van der Waals surface area contributed by atoms with Crippen molar-refractivity contribution in [2.45, 2.75) is 44.4 Å². The van der Waals surface area contributed by atoms with Crippen molar-refractivity contribution in [2.24, 2.45) is 0 Å². The van der Waals surface area contributed by atoms with E-state index < -0.39 is 18.8 Å². The highest BCUT2D eigenvalue weighted by molar-refractivity contribution is 5.86. The van der Waals surface area contributed by atoms with E-state index in [4.69, 9.17) is 9.47 Å². The van der Waals surface area contributed by atoms with Gasteiger partial charge in [0.2, 0.25) is 0 Å². The fraction of sp³-hybridized carbons (Fsp3) is 0.435. The second-order valence-electron chi connectivity index (χ2n) is 7.95. The van der Waals surface area contributed by atoms with Gasteiger partial charge in [-0.2, -0.15) is 13.2 Å². The van der Waals surface area contributed by atoms with Crippen LogP contribution in [-0.4, -0.2) is 47.0 Å². The summed E-state index contributed by atoms with van der Waals surface area (Å²) in [6, 6.07) is 5.41. The lowest BCUT2D eigenvalue weighted by atomic mass is 9.91. The molecule has 9 heteroatoms. The highest BCUT2D eigenvalue weighted by Gasteiger charge is 2.29. The van der Waals surface area contributed by atoms with Gasteiger partial charge in [-0.25, -0.2) is 9.78 Å². The Hall–Kier alpha value is -2.78. The molecule has 0 spiro atoms. The van der Waals surface area contributed by atoms with Crippen LogP contribution in [0.25, 0.3) is 5.57 Å². The van der Waals surface area contributed by atoms with Crippen molar-refractivity contribution in [3.8, 4) is 0 Å². The summed E-state index contributed by atoms with van der Waals surface area (Å²) in [4.78, 5) is 20.5. The van der Waals surface area contributed by atoms with Gasteiger partial charge < -0.3 is 14.6 Å². The fourth-order valence-corrected chi connectivity index (χ4v) is 3.80. The molecule has 0 atom stereocenters. The first kappa shape index (κ1) is 22.4. The van der Waals surface area contributed by atoms with Gasteiger partial charge in [0, 0.05) is 18.5 Å². The molecule has 1 aromatic heterocycles. The number of hydrogen-bond donors (Lipinski definition) is 1. The molecule has 0 radical (unpaired) electrons. The standard InChI is InChI=1S/C23H23F3N2O4/c24-23(25,26)13-32-12-18-16(2-1-3-17(18)14-6-8-31-9-7-14)10-19-21(22(29)30)28-20(11-27-19)15-4-5-15/h1-3,6,11,15H,4-5,7-10,12-13H2,(H,29,30). The lowest BCUT2D eigenvalue weighted by Gasteiger charge is -2.20. The lowest BCUT2D eigenvalue weighted by Crippen LogP contribution is -2.18. The Balaban J connectivity index is 1.68. The van der Waals surface area contributed by atoms with Crippen molar-refractivity contribution < 1.29 is 32.5 Å². The molecule has 4 rings (SSSR count). The molecular formula is C23H23F3N2O4. The molecule has 0 saturated heterocycles. The lowest BCUT2D eigenvalue weighted by molar-refractivity contribution is -0.176. The third-order valence-corrected chi connectivity index (χ3v) is 5.52. The smallest absolute Gasteiger partial charge is 0.411 e. The van der Waals surface area contributed by atoms with E-state index in [1.54, 1.807) is 18.3 Å². The monoisotopic (exact) mass is 448 g/mol. The topological polar surface area (TPSA) is 81.5 Å².